The summed E-state index contributed by atoms with van der Waals surface area (Å²) in [7, 11) is 3.05. The highest BCUT2D eigenvalue weighted by atomic mass is 16.5. The number of nitrogens with one attached hydrogen (secondary N) is 1. The van der Waals surface area contributed by atoms with Crippen LogP contribution in [0.1, 0.15) is 12.1 Å². The highest BCUT2D eigenvalue weighted by Crippen LogP contribution is 2.12. The van der Waals surface area contributed by atoms with Crippen LogP contribution in [-0.4, -0.2) is 41.9 Å². The molecule has 1 aromatic rings. The minimum Gasteiger partial charge on any atom is -0.481 e. The van der Waals surface area contributed by atoms with Gasteiger partial charge in [0.1, 0.15) is 0 Å². The molecule has 0 saturated carbocycles. The molecule has 0 aromatic carbocycles. The fourth-order valence-electron chi connectivity index (χ4n) is 1.81. The molecule has 1 saturated heterocycles. The topological polar surface area (TPSA) is 71.5 Å². The molecule has 2 heterocycles. The molecule has 0 aliphatic carbocycles. The van der Waals surface area contributed by atoms with Gasteiger partial charge in [0.25, 0.3) is 0 Å². The predicted molar refractivity (Wildman–Crippen MR) is 63.8 cm³/mol. The van der Waals surface area contributed by atoms with E-state index >= 15 is 0 Å². The van der Waals surface area contributed by atoms with E-state index in [-0.39, 0.29) is 18.2 Å². The van der Waals surface area contributed by atoms with E-state index in [4.69, 9.17) is 4.74 Å². The van der Waals surface area contributed by atoms with Crippen molar-refractivity contribution in [1.82, 2.24) is 15.2 Å². The molecule has 1 atom stereocenters. The Kier molecular flexibility index (Phi) is 3.57. The van der Waals surface area contributed by atoms with Gasteiger partial charge in [0, 0.05) is 19.7 Å². The fraction of sp³-hybridized carbons (Fsp3) is 0.417. The summed E-state index contributed by atoms with van der Waals surface area (Å²) < 4.78 is 5.01. The normalized spacial score (nSPS) is 19.4. The SMILES string of the molecule is COc1cccc(CNC2CC(=O)N(C)C2=O)n1. The van der Waals surface area contributed by atoms with Crippen molar-refractivity contribution < 1.29 is 14.3 Å². The number of rotatable bonds is 4. The minimum absolute atomic E-state index is 0.156. The predicted octanol–water partition coefficient (Wildman–Crippen LogP) is -0.0629. The summed E-state index contributed by atoms with van der Waals surface area (Å²) in [6, 6.07) is 4.97. The van der Waals surface area contributed by atoms with Crippen LogP contribution < -0.4 is 10.1 Å². The lowest BCUT2D eigenvalue weighted by atomic mass is 10.2. The molecule has 0 radical (unpaired) electrons. The summed E-state index contributed by atoms with van der Waals surface area (Å²) in [5.74, 6) is 0.180. The standard InChI is InChI=1S/C12H15N3O3/c1-15-11(16)6-9(12(15)17)13-7-8-4-3-5-10(14-8)18-2/h3-5,9,13H,6-7H2,1-2H3. The lowest BCUT2D eigenvalue weighted by Gasteiger charge is -2.10. The summed E-state index contributed by atoms with van der Waals surface area (Å²) in [6.07, 6.45) is 0.208. The molecule has 6 nitrogen and oxygen atoms in total. The molecule has 0 spiro atoms. The molecule has 1 aliphatic heterocycles. The van der Waals surface area contributed by atoms with Gasteiger partial charge in [-0.15, -0.1) is 0 Å². The molecule has 1 aromatic heterocycles. The van der Waals surface area contributed by atoms with Crippen LogP contribution in [0, 0.1) is 0 Å². The van der Waals surface area contributed by atoms with Crippen molar-refractivity contribution in [2.75, 3.05) is 14.2 Å². The summed E-state index contributed by atoms with van der Waals surface area (Å²) in [5, 5.41) is 3.03. The van der Waals surface area contributed by atoms with Gasteiger partial charge in [-0.2, -0.15) is 0 Å². The Hall–Kier alpha value is -1.95. The maximum Gasteiger partial charge on any atom is 0.246 e. The molecule has 2 amide bonds. The number of imide groups is 1. The smallest absolute Gasteiger partial charge is 0.246 e. The van der Waals surface area contributed by atoms with Crippen molar-refractivity contribution in [3.63, 3.8) is 0 Å². The van der Waals surface area contributed by atoms with Gasteiger partial charge in [-0.05, 0) is 6.07 Å². The van der Waals surface area contributed by atoms with E-state index in [1.54, 1.807) is 13.2 Å². The third kappa shape index (κ3) is 2.48. The second-order valence-electron chi connectivity index (χ2n) is 4.10. The van der Waals surface area contributed by atoms with Gasteiger partial charge >= 0.3 is 0 Å². The minimum atomic E-state index is -0.449. The fourth-order valence-corrected chi connectivity index (χ4v) is 1.81. The van der Waals surface area contributed by atoms with Crippen molar-refractivity contribution in [2.45, 2.75) is 19.0 Å². The number of hydrogen-bond acceptors (Lipinski definition) is 5. The van der Waals surface area contributed by atoms with Gasteiger partial charge in [0.2, 0.25) is 17.7 Å². The quantitative estimate of drug-likeness (QED) is 0.757. The lowest BCUT2D eigenvalue weighted by Crippen LogP contribution is -2.36. The van der Waals surface area contributed by atoms with Crippen LogP contribution in [0.2, 0.25) is 0 Å². The molecule has 96 valence electrons. The van der Waals surface area contributed by atoms with Gasteiger partial charge in [-0.3, -0.25) is 19.8 Å². The Morgan fingerprint density at radius 2 is 2.28 bits per heavy atom. The van der Waals surface area contributed by atoms with E-state index in [9.17, 15) is 9.59 Å². The molecule has 1 unspecified atom stereocenters. The molecule has 2 rings (SSSR count). The number of amides is 2. The van der Waals surface area contributed by atoms with Gasteiger partial charge in [0.15, 0.2) is 0 Å². The van der Waals surface area contributed by atoms with Gasteiger partial charge in [0.05, 0.1) is 25.3 Å². The van der Waals surface area contributed by atoms with Crippen molar-refractivity contribution in [2.24, 2.45) is 0 Å². The lowest BCUT2D eigenvalue weighted by molar-refractivity contribution is -0.137. The number of ether oxygens (including phenoxy) is 1. The Balaban J connectivity index is 1.96. The number of methoxy groups -OCH3 is 1. The first-order chi connectivity index (χ1) is 8.61. The first-order valence-electron chi connectivity index (χ1n) is 5.65. The molecule has 1 aliphatic rings. The van der Waals surface area contributed by atoms with Gasteiger partial charge in [-0.25, -0.2) is 4.98 Å². The second-order valence-corrected chi connectivity index (χ2v) is 4.10. The van der Waals surface area contributed by atoms with Crippen LogP contribution in [0.5, 0.6) is 5.88 Å². The van der Waals surface area contributed by atoms with E-state index in [2.05, 4.69) is 10.3 Å². The number of carbonyl (C=O) groups is 2. The zero-order valence-electron chi connectivity index (χ0n) is 10.3. The van der Waals surface area contributed by atoms with E-state index in [0.717, 1.165) is 10.6 Å². The number of carbonyl (C=O) groups excluding carboxylic acids is 2. The number of pyridine rings is 1. The van der Waals surface area contributed by atoms with Crippen molar-refractivity contribution in [3.8, 4) is 5.88 Å². The Bertz CT molecular complexity index is 475. The van der Waals surface area contributed by atoms with E-state index in [1.165, 1.54) is 7.05 Å². The molecule has 18 heavy (non-hydrogen) atoms. The Morgan fingerprint density at radius 1 is 1.50 bits per heavy atom. The largest absolute Gasteiger partial charge is 0.481 e. The molecular formula is C12H15N3O3. The van der Waals surface area contributed by atoms with Crippen molar-refractivity contribution >= 4 is 11.8 Å². The molecular weight excluding hydrogens is 234 g/mol. The van der Waals surface area contributed by atoms with Gasteiger partial charge in [-0.1, -0.05) is 6.07 Å². The second kappa shape index (κ2) is 5.14. The average Bonchev–Trinajstić information content (AvgIpc) is 2.64. The first kappa shape index (κ1) is 12.5. The zero-order chi connectivity index (χ0) is 13.1. The maximum absolute atomic E-state index is 11.7. The Labute approximate surface area is 105 Å². The van der Waals surface area contributed by atoms with Crippen LogP contribution >= 0.6 is 0 Å². The monoisotopic (exact) mass is 249 g/mol. The molecule has 6 heteroatoms. The van der Waals surface area contributed by atoms with Crippen LogP contribution in [0.4, 0.5) is 0 Å². The summed E-state index contributed by atoms with van der Waals surface area (Å²) in [4.78, 5) is 28.4. The number of hydrogen-bond donors (Lipinski definition) is 1. The summed E-state index contributed by atoms with van der Waals surface area (Å²) in [6.45, 7) is 0.425. The average molecular weight is 249 g/mol. The first-order valence-corrected chi connectivity index (χ1v) is 5.65. The van der Waals surface area contributed by atoms with Crippen LogP contribution in [0.3, 0.4) is 0 Å². The summed E-state index contributed by atoms with van der Waals surface area (Å²) in [5.41, 5.74) is 0.768. The van der Waals surface area contributed by atoms with Crippen LogP contribution in [0.15, 0.2) is 18.2 Å². The zero-order valence-corrected chi connectivity index (χ0v) is 10.3. The highest BCUT2D eigenvalue weighted by molar-refractivity contribution is 6.05. The van der Waals surface area contributed by atoms with Crippen molar-refractivity contribution in [1.29, 1.82) is 0 Å². The Morgan fingerprint density at radius 3 is 2.89 bits per heavy atom. The molecule has 1 fully saturated rings. The van der Waals surface area contributed by atoms with Crippen LogP contribution in [0.25, 0.3) is 0 Å². The van der Waals surface area contributed by atoms with E-state index in [1.807, 2.05) is 12.1 Å². The molecule has 0 bridgehead atoms. The van der Waals surface area contributed by atoms with Crippen molar-refractivity contribution in [3.05, 3.63) is 23.9 Å². The third-order valence-electron chi connectivity index (χ3n) is 2.90. The van der Waals surface area contributed by atoms with Gasteiger partial charge < -0.3 is 4.74 Å². The van der Waals surface area contributed by atoms with E-state index < -0.39 is 6.04 Å². The molecule has 1 N–H and O–H groups in total. The number of nitrogens with zero attached hydrogens (tertiary/aromatic N) is 2. The third-order valence-corrected chi connectivity index (χ3v) is 2.90. The summed E-state index contributed by atoms with van der Waals surface area (Å²) >= 11 is 0. The van der Waals surface area contributed by atoms with Crippen LogP contribution in [-0.2, 0) is 16.1 Å². The number of likely N-dealkylation sites (N-methyl/N-ethyl adjacent to an activating group) is 1. The maximum atomic E-state index is 11.7. The highest BCUT2D eigenvalue weighted by Gasteiger charge is 2.35. The number of likely N-dealkylation sites (tertiary alicyclic amines) is 1. The number of aromatic nitrogens is 1. The van der Waals surface area contributed by atoms with E-state index in [0.29, 0.717) is 12.4 Å².